The highest BCUT2D eigenvalue weighted by atomic mass is 32.1. The molecule has 0 aromatic heterocycles. The van der Waals surface area contributed by atoms with Gasteiger partial charge in [0.15, 0.2) is 6.17 Å². The lowest BCUT2D eigenvalue weighted by molar-refractivity contribution is -0.161. The van der Waals surface area contributed by atoms with Gasteiger partial charge in [-0.3, -0.25) is 14.4 Å². The van der Waals surface area contributed by atoms with Crippen LogP contribution in [0.5, 0.6) is 0 Å². The molecule has 6 fully saturated rings. The molecular formula is C26H50F3N3O6S3. The zero-order valence-corrected chi connectivity index (χ0v) is 26.2. The minimum Gasteiger partial charge on any atom is -0.354 e. The van der Waals surface area contributed by atoms with E-state index in [-0.39, 0.29) is 79.6 Å². The molecule has 244 valence electrons. The lowest BCUT2D eigenvalue weighted by atomic mass is 10.2. The van der Waals surface area contributed by atoms with Gasteiger partial charge >= 0.3 is 5.92 Å². The molecule has 6 rings (SSSR count). The lowest BCUT2D eigenvalue weighted by Crippen LogP contribution is -2.46. The molecule has 4 atom stereocenters. The van der Waals surface area contributed by atoms with Crippen molar-refractivity contribution in [3.05, 3.63) is 0 Å². The quantitative estimate of drug-likeness (QED) is 0.393. The Morgan fingerprint density at radius 3 is 1.61 bits per heavy atom. The van der Waals surface area contributed by atoms with Crippen LogP contribution in [0.25, 0.3) is 0 Å². The highest BCUT2D eigenvalue weighted by Crippen LogP contribution is 2.42. The van der Waals surface area contributed by atoms with E-state index in [0.717, 1.165) is 17.9 Å². The molecule has 0 aromatic rings. The van der Waals surface area contributed by atoms with E-state index >= 15 is 0 Å². The van der Waals surface area contributed by atoms with E-state index in [0.29, 0.717) is 25.5 Å². The molecule has 6 heterocycles. The fourth-order valence-corrected chi connectivity index (χ4v) is 6.01. The van der Waals surface area contributed by atoms with Crippen LogP contribution in [0.1, 0.15) is 82.1 Å². The summed E-state index contributed by atoms with van der Waals surface area (Å²) in [6.07, 6.45) is 0.259. The number of amides is 3. The Morgan fingerprint density at radius 1 is 0.707 bits per heavy atom. The van der Waals surface area contributed by atoms with E-state index in [1.54, 1.807) is 27.7 Å². The first-order valence-electron chi connectivity index (χ1n) is 12.4. The summed E-state index contributed by atoms with van der Waals surface area (Å²) in [4.78, 5) is 38.4. The molecule has 3 amide bonds. The molecule has 0 aromatic carbocycles. The predicted octanol–water partition coefficient (Wildman–Crippen LogP) is 4.03. The Balaban J connectivity index is 0. The number of hydrogen-bond acceptors (Lipinski definition) is 6. The van der Waals surface area contributed by atoms with E-state index in [2.05, 4.69) is 0 Å². The number of hydrogen-bond donors (Lipinski definition) is 0. The molecule has 0 saturated carbocycles. The first-order chi connectivity index (χ1) is 16.5. The smallest absolute Gasteiger partial charge is 0.326 e. The summed E-state index contributed by atoms with van der Waals surface area (Å²) in [6, 6.07) is -0.127. The molecule has 0 radical (unpaired) electrons. The predicted molar refractivity (Wildman–Crippen MR) is 165 cm³/mol. The third kappa shape index (κ3) is 7.81. The molecule has 41 heavy (non-hydrogen) atoms. The van der Waals surface area contributed by atoms with Crippen LogP contribution in [-0.4, -0.2) is 99.6 Å². The van der Waals surface area contributed by atoms with E-state index in [1.807, 2.05) is 18.7 Å². The number of rotatable bonds is 0. The first-order valence-corrected chi connectivity index (χ1v) is 12.4. The van der Waals surface area contributed by atoms with Gasteiger partial charge in [-0.05, 0) is 48.0 Å². The van der Waals surface area contributed by atoms with Gasteiger partial charge in [0.05, 0.1) is 37.9 Å². The second-order valence-corrected chi connectivity index (χ2v) is 11.5. The Bertz CT molecular complexity index is 943. The van der Waals surface area contributed by atoms with E-state index in [4.69, 9.17) is 14.2 Å². The van der Waals surface area contributed by atoms with Crippen LogP contribution in [0, 0.1) is 0 Å². The van der Waals surface area contributed by atoms with E-state index < -0.39 is 47.8 Å². The van der Waals surface area contributed by atoms with Gasteiger partial charge in [-0.15, -0.1) is 0 Å². The molecule has 0 bridgehead atoms. The third-order valence-electron chi connectivity index (χ3n) is 7.69. The molecule has 0 aliphatic carbocycles. The Morgan fingerprint density at radius 2 is 1.15 bits per heavy atom. The van der Waals surface area contributed by atoms with Gasteiger partial charge < -0.3 is 28.9 Å². The normalized spacial score (nSPS) is 31.8. The summed E-state index contributed by atoms with van der Waals surface area (Å²) in [7, 11) is 0. The minimum absolute atomic E-state index is 0. The van der Waals surface area contributed by atoms with Gasteiger partial charge in [-0.2, -0.15) is 49.3 Å². The standard InChI is InChI=1S/C8H11F2NO2.C8H12FNO2.C8H13NO2.2CH4.3H2S/c1-7(2)11-5(4-13-7)3-8(9,10)6(11)12;1-8(2)10-5(4-12-8)3-6(9)7(10)11;1-8(2)9-6(5-11-8)3-4-7(9)10;;;;;/h5H,3-4H2,1-2H3;5-6H,3-4H2,1-2H3;6H,3-5H2,1-2H3;2*1H4;3*1H2/t5-;5-,6?;6-;;;;;/m000...../s1. The maximum atomic E-state index is 13.0. The van der Waals surface area contributed by atoms with Crippen molar-refractivity contribution in [2.45, 2.75) is 129 Å². The van der Waals surface area contributed by atoms with Gasteiger partial charge in [0.25, 0.3) is 11.8 Å². The van der Waals surface area contributed by atoms with Crippen molar-refractivity contribution < 1.29 is 41.8 Å². The largest absolute Gasteiger partial charge is 0.354 e. The lowest BCUT2D eigenvalue weighted by Gasteiger charge is -2.29. The summed E-state index contributed by atoms with van der Waals surface area (Å²) < 4.78 is 54.9. The maximum Gasteiger partial charge on any atom is 0.326 e. The molecule has 9 nitrogen and oxygen atoms in total. The minimum atomic E-state index is -3.19. The second kappa shape index (κ2) is 14.3. The number of nitrogens with zero attached hydrogens (tertiary/aromatic N) is 3. The van der Waals surface area contributed by atoms with Crippen molar-refractivity contribution in [3.8, 4) is 0 Å². The van der Waals surface area contributed by atoms with Crippen LogP contribution in [0.3, 0.4) is 0 Å². The topological polar surface area (TPSA) is 88.6 Å². The van der Waals surface area contributed by atoms with Crippen molar-refractivity contribution in [1.29, 1.82) is 0 Å². The number of fused-ring (bicyclic) bond motifs is 3. The highest BCUT2D eigenvalue weighted by molar-refractivity contribution is 7.59. The Hall–Kier alpha value is -0.870. The number of carbonyl (C=O) groups is 3. The highest BCUT2D eigenvalue weighted by Gasteiger charge is 2.60. The van der Waals surface area contributed by atoms with Crippen molar-refractivity contribution >= 4 is 58.2 Å². The fourth-order valence-electron chi connectivity index (χ4n) is 6.01. The van der Waals surface area contributed by atoms with E-state index in [1.165, 1.54) is 4.90 Å². The summed E-state index contributed by atoms with van der Waals surface area (Å²) >= 11 is 0. The summed E-state index contributed by atoms with van der Waals surface area (Å²) in [5.74, 6) is -4.45. The first kappa shape index (κ1) is 42.3. The van der Waals surface area contributed by atoms with Gasteiger partial charge in [-0.1, -0.05) is 14.9 Å². The maximum absolute atomic E-state index is 13.0. The molecule has 1 unspecified atom stereocenters. The summed E-state index contributed by atoms with van der Waals surface area (Å²) in [6.45, 7) is 12.2. The number of carbonyl (C=O) groups excluding carboxylic acids is 3. The fraction of sp³-hybridized carbons (Fsp3) is 0.885. The van der Waals surface area contributed by atoms with Crippen molar-refractivity contribution in [1.82, 2.24) is 14.7 Å². The number of ether oxygens (including phenoxy) is 3. The van der Waals surface area contributed by atoms with Crippen LogP contribution < -0.4 is 0 Å². The van der Waals surface area contributed by atoms with Gasteiger partial charge in [0.2, 0.25) is 5.91 Å². The van der Waals surface area contributed by atoms with E-state index in [9.17, 15) is 27.6 Å². The SMILES string of the molecule is C.C.CC1(C)OC[C@@H]2CC(F)(F)C(=O)N21.CC1(C)OC[C@@H]2CC(F)C(=O)N21.CC1(C)OC[C@@H]2CCC(=O)N21.S.S.S. The molecule has 0 spiro atoms. The average Bonchev–Trinajstić information content (AvgIpc) is 3.54. The molecular weight excluding hydrogens is 603 g/mol. The summed E-state index contributed by atoms with van der Waals surface area (Å²) in [5.41, 5.74) is -1.83. The Kier molecular flexibility index (Phi) is 14.7. The van der Waals surface area contributed by atoms with Crippen LogP contribution in [-0.2, 0) is 28.6 Å². The van der Waals surface area contributed by atoms with Gasteiger partial charge in [-0.25, -0.2) is 4.39 Å². The van der Waals surface area contributed by atoms with Crippen LogP contribution >= 0.6 is 40.5 Å². The van der Waals surface area contributed by atoms with Crippen LogP contribution in [0.15, 0.2) is 0 Å². The molecule has 6 aliphatic rings. The molecule has 6 aliphatic heterocycles. The number of halogens is 3. The Labute approximate surface area is 263 Å². The monoisotopic (exact) mass is 653 g/mol. The van der Waals surface area contributed by atoms with Crippen molar-refractivity contribution in [3.63, 3.8) is 0 Å². The number of alkyl halides is 3. The molecule has 6 saturated heterocycles. The zero-order chi connectivity index (χ0) is 26.8. The third-order valence-corrected chi connectivity index (χ3v) is 7.69. The van der Waals surface area contributed by atoms with Crippen LogP contribution in [0.2, 0.25) is 0 Å². The van der Waals surface area contributed by atoms with Crippen molar-refractivity contribution in [2.75, 3.05) is 19.8 Å². The van der Waals surface area contributed by atoms with Gasteiger partial charge in [0.1, 0.15) is 17.2 Å². The zero-order valence-electron chi connectivity index (χ0n) is 23.2. The molecule has 15 heteroatoms. The average molecular weight is 654 g/mol. The van der Waals surface area contributed by atoms with Crippen LogP contribution in [0.4, 0.5) is 13.2 Å². The second-order valence-electron chi connectivity index (χ2n) is 11.5. The molecule has 0 N–H and O–H groups in total. The van der Waals surface area contributed by atoms with Gasteiger partial charge in [0, 0.05) is 19.3 Å². The summed E-state index contributed by atoms with van der Waals surface area (Å²) in [5, 5.41) is 0. The van der Waals surface area contributed by atoms with Crippen molar-refractivity contribution in [2.24, 2.45) is 0 Å².